The predicted molar refractivity (Wildman–Crippen MR) is 64.3 cm³/mol. The van der Waals surface area contributed by atoms with Crippen molar-refractivity contribution < 1.29 is 0 Å². The van der Waals surface area contributed by atoms with Gasteiger partial charge in [0.2, 0.25) is 0 Å². The molecule has 78 valence electrons. The van der Waals surface area contributed by atoms with Crippen LogP contribution in [0.15, 0.2) is 36.5 Å². The van der Waals surface area contributed by atoms with Gasteiger partial charge in [-0.05, 0) is 19.3 Å². The molecule has 0 aromatic carbocycles. The van der Waals surface area contributed by atoms with Gasteiger partial charge in [-0.25, -0.2) is 0 Å². The highest BCUT2D eigenvalue weighted by atomic mass is 14.3. The van der Waals surface area contributed by atoms with Crippen molar-refractivity contribution in [3.8, 4) is 0 Å². The SMILES string of the molecule is C=CC1(CCC)C=CC(CCC)=CC1. The van der Waals surface area contributed by atoms with E-state index in [4.69, 9.17) is 0 Å². The molecule has 0 heteroatoms. The molecule has 0 amide bonds. The normalized spacial score (nSPS) is 26.0. The first kappa shape index (κ1) is 11.3. The molecule has 0 N–H and O–H groups in total. The number of allylic oxidation sites excluding steroid dienone is 5. The summed E-state index contributed by atoms with van der Waals surface area (Å²) in [5.74, 6) is 0. The van der Waals surface area contributed by atoms with E-state index in [-0.39, 0.29) is 5.41 Å². The maximum Gasteiger partial charge on any atom is 0.00961 e. The van der Waals surface area contributed by atoms with Crippen LogP contribution in [0.3, 0.4) is 0 Å². The Morgan fingerprint density at radius 1 is 1.43 bits per heavy atom. The highest BCUT2D eigenvalue weighted by Gasteiger charge is 2.23. The zero-order valence-electron chi connectivity index (χ0n) is 9.55. The fourth-order valence-electron chi connectivity index (χ4n) is 2.11. The molecule has 1 atom stereocenters. The third kappa shape index (κ3) is 2.60. The molecule has 1 rings (SSSR count). The molecule has 0 saturated heterocycles. The van der Waals surface area contributed by atoms with Crippen molar-refractivity contribution in [3.05, 3.63) is 36.5 Å². The first-order chi connectivity index (χ1) is 6.76. The van der Waals surface area contributed by atoms with Crippen LogP contribution in [0.4, 0.5) is 0 Å². The Morgan fingerprint density at radius 2 is 2.21 bits per heavy atom. The van der Waals surface area contributed by atoms with Crippen LogP contribution in [0, 0.1) is 5.41 Å². The lowest BCUT2D eigenvalue weighted by Crippen LogP contribution is -2.15. The van der Waals surface area contributed by atoms with Gasteiger partial charge in [0.1, 0.15) is 0 Å². The van der Waals surface area contributed by atoms with Crippen LogP contribution < -0.4 is 0 Å². The van der Waals surface area contributed by atoms with Crippen molar-refractivity contribution >= 4 is 0 Å². The van der Waals surface area contributed by atoms with E-state index in [1.54, 1.807) is 0 Å². The Labute approximate surface area is 88.4 Å². The minimum atomic E-state index is 0.256. The van der Waals surface area contributed by atoms with Crippen molar-refractivity contribution in [1.82, 2.24) is 0 Å². The third-order valence-electron chi connectivity index (χ3n) is 3.03. The minimum Gasteiger partial charge on any atom is -0.102 e. The van der Waals surface area contributed by atoms with Crippen molar-refractivity contribution in [2.24, 2.45) is 5.41 Å². The van der Waals surface area contributed by atoms with Gasteiger partial charge in [0.25, 0.3) is 0 Å². The fourth-order valence-corrected chi connectivity index (χ4v) is 2.11. The highest BCUT2D eigenvalue weighted by Crippen LogP contribution is 2.36. The molecule has 0 saturated carbocycles. The fraction of sp³-hybridized carbons (Fsp3) is 0.571. The van der Waals surface area contributed by atoms with Crippen LogP contribution in [-0.2, 0) is 0 Å². The molecular formula is C14H22. The van der Waals surface area contributed by atoms with Crippen molar-refractivity contribution in [1.29, 1.82) is 0 Å². The third-order valence-corrected chi connectivity index (χ3v) is 3.03. The summed E-state index contributed by atoms with van der Waals surface area (Å²) >= 11 is 0. The highest BCUT2D eigenvalue weighted by molar-refractivity contribution is 5.29. The quantitative estimate of drug-likeness (QED) is 0.554. The number of hydrogen-bond donors (Lipinski definition) is 0. The van der Waals surface area contributed by atoms with E-state index in [1.165, 1.54) is 31.3 Å². The van der Waals surface area contributed by atoms with Gasteiger partial charge < -0.3 is 0 Å². The maximum atomic E-state index is 3.97. The second kappa shape index (κ2) is 5.19. The molecule has 0 radical (unpaired) electrons. The summed E-state index contributed by atoms with van der Waals surface area (Å²) in [4.78, 5) is 0. The lowest BCUT2D eigenvalue weighted by Gasteiger charge is -2.28. The van der Waals surface area contributed by atoms with Gasteiger partial charge in [0, 0.05) is 5.41 Å². The summed E-state index contributed by atoms with van der Waals surface area (Å²) < 4.78 is 0. The molecule has 0 aromatic rings. The van der Waals surface area contributed by atoms with E-state index in [9.17, 15) is 0 Å². The summed E-state index contributed by atoms with van der Waals surface area (Å²) in [6, 6.07) is 0. The van der Waals surface area contributed by atoms with Gasteiger partial charge in [0.05, 0.1) is 0 Å². The monoisotopic (exact) mass is 190 g/mol. The number of rotatable bonds is 5. The van der Waals surface area contributed by atoms with E-state index in [0.717, 1.165) is 6.42 Å². The molecule has 1 aliphatic carbocycles. The molecule has 1 unspecified atom stereocenters. The summed E-state index contributed by atoms with van der Waals surface area (Å²) in [6.07, 6.45) is 15.2. The maximum absolute atomic E-state index is 3.97. The Bertz CT molecular complexity index is 245. The first-order valence-electron chi connectivity index (χ1n) is 5.78. The van der Waals surface area contributed by atoms with Crippen LogP contribution in [0.25, 0.3) is 0 Å². The van der Waals surface area contributed by atoms with Crippen LogP contribution in [0.2, 0.25) is 0 Å². The lowest BCUT2D eigenvalue weighted by atomic mass is 9.76. The molecule has 0 nitrogen and oxygen atoms in total. The second-order valence-corrected chi connectivity index (χ2v) is 4.25. The first-order valence-corrected chi connectivity index (χ1v) is 5.78. The summed E-state index contributed by atoms with van der Waals surface area (Å²) in [5, 5.41) is 0. The molecule has 14 heavy (non-hydrogen) atoms. The Kier molecular flexibility index (Phi) is 4.19. The Hall–Kier alpha value is -0.780. The van der Waals surface area contributed by atoms with E-state index in [1.807, 2.05) is 0 Å². The summed E-state index contributed by atoms with van der Waals surface area (Å²) in [7, 11) is 0. The van der Waals surface area contributed by atoms with Crippen LogP contribution >= 0.6 is 0 Å². The van der Waals surface area contributed by atoms with E-state index in [2.05, 4.69) is 44.7 Å². The Morgan fingerprint density at radius 3 is 2.64 bits per heavy atom. The van der Waals surface area contributed by atoms with Crippen LogP contribution in [0.1, 0.15) is 46.0 Å². The van der Waals surface area contributed by atoms with Gasteiger partial charge in [0.15, 0.2) is 0 Å². The second-order valence-electron chi connectivity index (χ2n) is 4.25. The summed E-state index contributed by atoms with van der Waals surface area (Å²) in [5.41, 5.74) is 1.76. The van der Waals surface area contributed by atoms with E-state index < -0.39 is 0 Å². The largest absolute Gasteiger partial charge is 0.102 e. The molecule has 0 bridgehead atoms. The van der Waals surface area contributed by atoms with Gasteiger partial charge in [-0.3, -0.25) is 0 Å². The zero-order valence-corrected chi connectivity index (χ0v) is 9.55. The van der Waals surface area contributed by atoms with Crippen LogP contribution in [0.5, 0.6) is 0 Å². The molecular weight excluding hydrogens is 168 g/mol. The van der Waals surface area contributed by atoms with Crippen molar-refractivity contribution in [2.45, 2.75) is 46.0 Å². The van der Waals surface area contributed by atoms with Gasteiger partial charge >= 0.3 is 0 Å². The Balaban J connectivity index is 2.64. The average molecular weight is 190 g/mol. The summed E-state index contributed by atoms with van der Waals surface area (Å²) in [6.45, 7) is 8.44. The number of hydrogen-bond acceptors (Lipinski definition) is 0. The minimum absolute atomic E-state index is 0.256. The predicted octanol–water partition coefficient (Wildman–Crippen LogP) is 4.65. The van der Waals surface area contributed by atoms with E-state index >= 15 is 0 Å². The smallest absolute Gasteiger partial charge is 0.00961 e. The topological polar surface area (TPSA) is 0 Å². The van der Waals surface area contributed by atoms with Gasteiger partial charge in [-0.1, -0.05) is 56.6 Å². The molecule has 0 heterocycles. The molecule has 0 aliphatic heterocycles. The van der Waals surface area contributed by atoms with E-state index in [0.29, 0.717) is 0 Å². The van der Waals surface area contributed by atoms with Crippen LogP contribution in [-0.4, -0.2) is 0 Å². The molecule has 0 fully saturated rings. The molecule has 0 aromatic heterocycles. The lowest BCUT2D eigenvalue weighted by molar-refractivity contribution is 0.444. The van der Waals surface area contributed by atoms with Gasteiger partial charge in [-0.2, -0.15) is 0 Å². The molecule has 0 spiro atoms. The van der Waals surface area contributed by atoms with Gasteiger partial charge in [-0.15, -0.1) is 6.58 Å². The van der Waals surface area contributed by atoms with Crippen molar-refractivity contribution in [2.75, 3.05) is 0 Å². The average Bonchev–Trinajstić information content (AvgIpc) is 2.22. The zero-order chi connectivity index (χ0) is 10.4. The van der Waals surface area contributed by atoms with Crippen molar-refractivity contribution in [3.63, 3.8) is 0 Å². The standard InChI is InChI=1S/C14H22/c1-4-7-13-8-11-14(6-3,10-5-2)12-9-13/h6,8-9,11H,3-5,7,10,12H2,1-2H3. The molecule has 1 aliphatic rings.